The minimum absolute atomic E-state index is 0.282. The zero-order chi connectivity index (χ0) is 20.8. The first kappa shape index (κ1) is 20.9. The Morgan fingerprint density at radius 3 is 2.07 bits per heavy atom. The fraction of sp³-hybridized carbons (Fsp3) is 0.300. The average Bonchev–Trinajstić information content (AvgIpc) is 2.70. The number of esters is 2. The molecule has 2 aromatic carbocycles. The molecule has 0 spiro atoms. The Kier molecular flexibility index (Phi) is 6.70. The number of ether oxygens (including phenoxy) is 2. The van der Waals surface area contributed by atoms with E-state index < -0.39 is 41.7 Å². The SMILES string of the molecule is COC(=O)C(C(=O)OC)[C@@H](C)[C@H](NC(=O)c1cccc2ccccc12)C(=O)O. The van der Waals surface area contributed by atoms with Gasteiger partial charge in [-0.3, -0.25) is 14.4 Å². The van der Waals surface area contributed by atoms with E-state index in [4.69, 9.17) is 0 Å². The number of carboxylic acids is 1. The van der Waals surface area contributed by atoms with Crippen LogP contribution in [-0.4, -0.2) is 49.2 Å². The predicted octanol–water partition coefficient (Wildman–Crippen LogP) is 1.62. The fourth-order valence-electron chi connectivity index (χ4n) is 3.03. The lowest BCUT2D eigenvalue weighted by molar-refractivity contribution is -0.162. The van der Waals surface area contributed by atoms with Gasteiger partial charge in [-0.25, -0.2) is 4.79 Å². The first-order chi connectivity index (χ1) is 13.3. The van der Waals surface area contributed by atoms with Crippen LogP contribution >= 0.6 is 0 Å². The van der Waals surface area contributed by atoms with Crippen molar-refractivity contribution in [2.24, 2.45) is 11.8 Å². The standard InChI is InChI=1S/C20H21NO7/c1-11(15(19(25)27-2)20(26)28-3)16(18(23)24)21-17(22)14-10-6-8-12-7-4-5-9-13(12)14/h4-11,15-16H,1-3H3,(H,21,22)(H,23,24)/t11-,16+/m1/s1. The molecule has 8 heteroatoms. The third-order valence-corrected chi connectivity index (χ3v) is 4.55. The fourth-order valence-corrected chi connectivity index (χ4v) is 3.03. The van der Waals surface area contributed by atoms with Gasteiger partial charge >= 0.3 is 17.9 Å². The molecule has 0 heterocycles. The number of methoxy groups -OCH3 is 2. The Bertz CT molecular complexity index is 887. The van der Waals surface area contributed by atoms with E-state index in [2.05, 4.69) is 14.8 Å². The van der Waals surface area contributed by atoms with Gasteiger partial charge in [0.15, 0.2) is 5.92 Å². The highest BCUT2D eigenvalue weighted by molar-refractivity contribution is 6.08. The molecule has 0 bridgehead atoms. The number of nitrogens with one attached hydrogen (secondary N) is 1. The lowest BCUT2D eigenvalue weighted by Crippen LogP contribution is -2.50. The van der Waals surface area contributed by atoms with Gasteiger partial charge in [-0.05, 0) is 16.8 Å². The smallest absolute Gasteiger partial charge is 0.326 e. The van der Waals surface area contributed by atoms with Gasteiger partial charge in [0.05, 0.1) is 14.2 Å². The van der Waals surface area contributed by atoms with Crippen LogP contribution in [0.3, 0.4) is 0 Å². The molecular formula is C20H21NO7. The van der Waals surface area contributed by atoms with Gasteiger partial charge in [0.1, 0.15) is 6.04 Å². The molecular weight excluding hydrogens is 366 g/mol. The summed E-state index contributed by atoms with van der Waals surface area (Å²) in [6.45, 7) is 1.36. The number of carbonyl (C=O) groups excluding carboxylic acids is 3. The third kappa shape index (κ3) is 4.28. The number of aliphatic carboxylic acids is 1. The number of benzene rings is 2. The van der Waals surface area contributed by atoms with Crippen molar-refractivity contribution in [3.63, 3.8) is 0 Å². The van der Waals surface area contributed by atoms with Gasteiger partial charge in [-0.1, -0.05) is 43.3 Å². The van der Waals surface area contributed by atoms with Crippen molar-refractivity contribution < 1.29 is 33.8 Å². The number of amides is 1. The highest BCUT2D eigenvalue weighted by atomic mass is 16.5. The molecule has 2 N–H and O–H groups in total. The normalized spacial score (nSPS) is 12.9. The number of carboxylic acid groups (broad SMARTS) is 1. The molecule has 0 fully saturated rings. The minimum atomic E-state index is -1.52. The minimum Gasteiger partial charge on any atom is -0.480 e. The summed E-state index contributed by atoms with van der Waals surface area (Å²) < 4.78 is 9.18. The number of carbonyl (C=O) groups is 4. The van der Waals surface area contributed by atoms with Crippen molar-refractivity contribution in [3.8, 4) is 0 Å². The second kappa shape index (κ2) is 8.98. The van der Waals surface area contributed by atoms with Gasteiger partial charge in [0.2, 0.25) is 0 Å². The Morgan fingerprint density at radius 1 is 0.929 bits per heavy atom. The van der Waals surface area contributed by atoms with Crippen LogP contribution < -0.4 is 5.32 Å². The van der Waals surface area contributed by atoms with Gasteiger partial charge < -0.3 is 19.9 Å². The van der Waals surface area contributed by atoms with Crippen LogP contribution in [0, 0.1) is 11.8 Å². The Hall–Kier alpha value is -3.42. The van der Waals surface area contributed by atoms with Crippen LogP contribution in [-0.2, 0) is 23.9 Å². The van der Waals surface area contributed by atoms with E-state index in [1.807, 2.05) is 18.2 Å². The van der Waals surface area contributed by atoms with Crippen LogP contribution in [0.15, 0.2) is 42.5 Å². The summed E-state index contributed by atoms with van der Waals surface area (Å²) in [5.74, 6) is -6.52. The van der Waals surface area contributed by atoms with Crippen molar-refractivity contribution in [2.45, 2.75) is 13.0 Å². The summed E-state index contributed by atoms with van der Waals surface area (Å²) in [4.78, 5) is 48.5. The predicted molar refractivity (Wildman–Crippen MR) is 99.5 cm³/mol. The average molecular weight is 387 g/mol. The molecule has 148 valence electrons. The summed E-state index contributed by atoms with van der Waals surface area (Å²) in [5, 5.41) is 13.5. The van der Waals surface area contributed by atoms with Crippen LogP contribution in [0.25, 0.3) is 10.8 Å². The van der Waals surface area contributed by atoms with Gasteiger partial charge in [-0.15, -0.1) is 0 Å². The zero-order valence-electron chi connectivity index (χ0n) is 15.7. The van der Waals surface area contributed by atoms with Gasteiger partial charge in [0.25, 0.3) is 5.91 Å². The molecule has 0 aliphatic rings. The van der Waals surface area contributed by atoms with Crippen molar-refractivity contribution in [1.82, 2.24) is 5.32 Å². The van der Waals surface area contributed by atoms with E-state index in [1.54, 1.807) is 24.3 Å². The summed E-state index contributed by atoms with van der Waals surface area (Å²) in [6, 6.07) is 10.7. The van der Waals surface area contributed by atoms with Crippen molar-refractivity contribution >= 4 is 34.6 Å². The number of hydrogen-bond acceptors (Lipinski definition) is 6. The summed E-state index contributed by atoms with van der Waals surface area (Å²) in [7, 11) is 2.16. The Morgan fingerprint density at radius 2 is 1.50 bits per heavy atom. The van der Waals surface area contributed by atoms with Crippen LogP contribution in [0.1, 0.15) is 17.3 Å². The molecule has 0 saturated heterocycles. The van der Waals surface area contributed by atoms with E-state index in [0.717, 1.165) is 19.6 Å². The monoisotopic (exact) mass is 387 g/mol. The molecule has 0 aliphatic carbocycles. The lowest BCUT2D eigenvalue weighted by Gasteiger charge is -2.26. The molecule has 0 aromatic heterocycles. The molecule has 2 atom stereocenters. The molecule has 2 rings (SSSR count). The quantitative estimate of drug-likeness (QED) is 0.547. The molecule has 8 nitrogen and oxygen atoms in total. The van der Waals surface area contributed by atoms with E-state index in [9.17, 15) is 24.3 Å². The number of rotatable bonds is 7. The summed E-state index contributed by atoms with van der Waals surface area (Å²) >= 11 is 0. The van der Waals surface area contributed by atoms with Gasteiger partial charge in [0, 0.05) is 11.5 Å². The van der Waals surface area contributed by atoms with E-state index in [0.29, 0.717) is 5.39 Å². The Balaban J connectivity index is 2.35. The maximum atomic E-state index is 12.8. The molecule has 0 unspecified atom stereocenters. The first-order valence-electron chi connectivity index (χ1n) is 8.48. The van der Waals surface area contributed by atoms with Crippen LogP contribution in [0.4, 0.5) is 0 Å². The Labute approximate surface area is 161 Å². The summed E-state index contributed by atoms with van der Waals surface area (Å²) in [6.07, 6.45) is 0. The summed E-state index contributed by atoms with van der Waals surface area (Å²) in [5.41, 5.74) is 0.282. The maximum absolute atomic E-state index is 12.8. The second-order valence-corrected chi connectivity index (χ2v) is 6.20. The van der Waals surface area contributed by atoms with E-state index in [-0.39, 0.29) is 5.56 Å². The zero-order valence-corrected chi connectivity index (χ0v) is 15.7. The molecule has 0 saturated carbocycles. The van der Waals surface area contributed by atoms with Crippen molar-refractivity contribution in [3.05, 3.63) is 48.0 Å². The maximum Gasteiger partial charge on any atom is 0.326 e. The molecule has 1 amide bonds. The second-order valence-electron chi connectivity index (χ2n) is 6.20. The number of hydrogen-bond donors (Lipinski definition) is 2. The highest BCUT2D eigenvalue weighted by Crippen LogP contribution is 2.22. The third-order valence-electron chi connectivity index (χ3n) is 4.55. The van der Waals surface area contributed by atoms with Crippen molar-refractivity contribution in [1.29, 1.82) is 0 Å². The first-order valence-corrected chi connectivity index (χ1v) is 8.48. The van der Waals surface area contributed by atoms with E-state index >= 15 is 0 Å². The van der Waals surface area contributed by atoms with E-state index in [1.165, 1.54) is 6.92 Å². The van der Waals surface area contributed by atoms with Crippen molar-refractivity contribution in [2.75, 3.05) is 14.2 Å². The molecule has 0 radical (unpaired) electrons. The number of fused-ring (bicyclic) bond motifs is 1. The van der Waals surface area contributed by atoms with Crippen LogP contribution in [0.2, 0.25) is 0 Å². The van der Waals surface area contributed by atoms with Gasteiger partial charge in [-0.2, -0.15) is 0 Å². The van der Waals surface area contributed by atoms with Crippen LogP contribution in [0.5, 0.6) is 0 Å². The molecule has 28 heavy (non-hydrogen) atoms. The molecule has 0 aliphatic heterocycles. The topological polar surface area (TPSA) is 119 Å². The highest BCUT2D eigenvalue weighted by Gasteiger charge is 2.42. The molecule has 2 aromatic rings. The largest absolute Gasteiger partial charge is 0.480 e. The lowest BCUT2D eigenvalue weighted by atomic mass is 9.87.